The van der Waals surface area contributed by atoms with Gasteiger partial charge in [-0.25, -0.2) is 9.18 Å². The predicted molar refractivity (Wildman–Crippen MR) is 95.1 cm³/mol. The molecular weight excluding hydrogens is 339 g/mol. The van der Waals surface area contributed by atoms with Crippen LogP contribution in [0.3, 0.4) is 0 Å². The Morgan fingerprint density at radius 2 is 2.12 bits per heavy atom. The van der Waals surface area contributed by atoms with Crippen molar-refractivity contribution in [3.63, 3.8) is 0 Å². The maximum atomic E-state index is 13.6. The highest BCUT2D eigenvalue weighted by Gasteiger charge is 2.29. The number of carboxylic acids is 1. The van der Waals surface area contributed by atoms with Crippen LogP contribution in [0.15, 0.2) is 22.7 Å². The van der Waals surface area contributed by atoms with E-state index in [2.05, 4.69) is 17.4 Å². The number of benzene rings is 1. The average Bonchev–Trinajstić information content (AvgIpc) is 3.05. The van der Waals surface area contributed by atoms with Gasteiger partial charge in [-0.1, -0.05) is 31.3 Å². The van der Waals surface area contributed by atoms with E-state index in [1.165, 1.54) is 44.6 Å². The Morgan fingerprint density at radius 3 is 2.77 bits per heavy atom. The van der Waals surface area contributed by atoms with Crippen molar-refractivity contribution < 1.29 is 23.6 Å². The molecule has 1 aromatic heterocycles. The van der Waals surface area contributed by atoms with Crippen LogP contribution < -0.4 is 10.1 Å². The van der Waals surface area contributed by atoms with Crippen LogP contribution in [0.2, 0.25) is 0 Å². The van der Waals surface area contributed by atoms with E-state index in [9.17, 15) is 14.3 Å². The second-order valence-corrected chi connectivity index (χ2v) is 7.11. The summed E-state index contributed by atoms with van der Waals surface area (Å²) in [6.45, 7) is 2.83. The largest absolute Gasteiger partial charge is 0.494 e. The van der Waals surface area contributed by atoms with Crippen LogP contribution in [-0.2, 0) is 0 Å². The van der Waals surface area contributed by atoms with Gasteiger partial charge in [-0.2, -0.15) is 0 Å². The fourth-order valence-corrected chi connectivity index (χ4v) is 3.49. The summed E-state index contributed by atoms with van der Waals surface area (Å²) in [4.78, 5) is 11.8. The molecule has 0 bridgehead atoms. The molecule has 1 saturated carbocycles. The van der Waals surface area contributed by atoms with E-state index >= 15 is 0 Å². The Bertz CT molecular complexity index is 797. The Balaban J connectivity index is 1.88. The van der Waals surface area contributed by atoms with Gasteiger partial charge in [0, 0.05) is 12.1 Å². The first-order chi connectivity index (χ1) is 12.4. The molecule has 0 atom stereocenters. The number of hydrogen-bond acceptors (Lipinski definition) is 5. The summed E-state index contributed by atoms with van der Waals surface area (Å²) in [7, 11) is 1.35. The monoisotopic (exact) mass is 362 g/mol. The van der Waals surface area contributed by atoms with Crippen LogP contribution in [0.5, 0.6) is 5.75 Å². The van der Waals surface area contributed by atoms with E-state index in [1.807, 2.05) is 0 Å². The molecule has 26 heavy (non-hydrogen) atoms. The van der Waals surface area contributed by atoms with E-state index in [1.54, 1.807) is 0 Å². The van der Waals surface area contributed by atoms with Crippen molar-refractivity contribution in [2.24, 2.45) is 5.41 Å². The molecule has 1 heterocycles. The Labute approximate surface area is 151 Å². The van der Waals surface area contributed by atoms with Crippen LogP contribution in [0, 0.1) is 11.2 Å². The van der Waals surface area contributed by atoms with Crippen molar-refractivity contribution in [3.8, 4) is 17.1 Å². The summed E-state index contributed by atoms with van der Waals surface area (Å²) < 4.78 is 23.9. The minimum Gasteiger partial charge on any atom is -0.494 e. The molecule has 1 aromatic carbocycles. The SMILES string of the molecule is COc1cc(-c2onc(NCC3(C)CCCCC3)c2C(=O)O)ccc1F. The standard InChI is InChI=1S/C19H23FN2O4/c1-19(8-4-3-5-9-19)11-21-17-15(18(23)24)16(26-22-17)12-6-7-13(20)14(10-12)25-2/h6-7,10H,3-5,8-9,11H2,1-2H3,(H,21,22)(H,23,24). The highest BCUT2D eigenvalue weighted by molar-refractivity contribution is 5.99. The normalized spacial score (nSPS) is 16.3. The molecule has 140 valence electrons. The number of ether oxygens (including phenoxy) is 1. The van der Waals surface area contributed by atoms with Gasteiger partial charge in [0.15, 0.2) is 28.7 Å². The fourth-order valence-electron chi connectivity index (χ4n) is 3.49. The van der Waals surface area contributed by atoms with Crippen molar-refractivity contribution >= 4 is 11.8 Å². The molecule has 6 nitrogen and oxygen atoms in total. The number of anilines is 1. The third kappa shape index (κ3) is 3.66. The molecule has 1 aliphatic carbocycles. The Hall–Kier alpha value is -2.57. The van der Waals surface area contributed by atoms with Gasteiger partial charge in [-0.05, 0) is 36.5 Å². The average molecular weight is 362 g/mol. The van der Waals surface area contributed by atoms with Crippen molar-refractivity contribution in [1.29, 1.82) is 0 Å². The molecule has 3 rings (SSSR count). The molecule has 1 aliphatic rings. The van der Waals surface area contributed by atoms with Gasteiger partial charge in [0.1, 0.15) is 0 Å². The van der Waals surface area contributed by atoms with Crippen LogP contribution in [0.1, 0.15) is 49.4 Å². The number of halogens is 1. The van der Waals surface area contributed by atoms with E-state index in [4.69, 9.17) is 9.26 Å². The van der Waals surface area contributed by atoms with Crippen LogP contribution in [0.4, 0.5) is 10.2 Å². The maximum absolute atomic E-state index is 13.6. The predicted octanol–water partition coefficient (Wildman–Crippen LogP) is 4.57. The minimum absolute atomic E-state index is 0.0134. The third-order valence-corrected chi connectivity index (χ3v) is 5.06. The molecule has 7 heteroatoms. The van der Waals surface area contributed by atoms with Gasteiger partial charge in [-0.3, -0.25) is 0 Å². The van der Waals surface area contributed by atoms with Gasteiger partial charge in [0.05, 0.1) is 7.11 Å². The molecule has 2 N–H and O–H groups in total. The number of aromatic nitrogens is 1. The summed E-state index contributed by atoms with van der Waals surface area (Å²) in [6.07, 6.45) is 5.81. The number of nitrogens with one attached hydrogen (secondary N) is 1. The third-order valence-electron chi connectivity index (χ3n) is 5.06. The van der Waals surface area contributed by atoms with E-state index in [0.29, 0.717) is 12.1 Å². The highest BCUT2D eigenvalue weighted by atomic mass is 19.1. The van der Waals surface area contributed by atoms with Gasteiger partial charge in [0.25, 0.3) is 0 Å². The summed E-state index contributed by atoms with van der Waals surface area (Å²) >= 11 is 0. The maximum Gasteiger partial charge on any atom is 0.343 e. The quantitative estimate of drug-likeness (QED) is 0.783. The first-order valence-electron chi connectivity index (χ1n) is 8.74. The van der Waals surface area contributed by atoms with E-state index in [-0.39, 0.29) is 28.3 Å². The number of rotatable bonds is 6. The lowest BCUT2D eigenvalue weighted by Gasteiger charge is -2.33. The molecule has 1 fully saturated rings. The van der Waals surface area contributed by atoms with Crippen molar-refractivity contribution in [2.75, 3.05) is 19.0 Å². The molecule has 2 aromatic rings. The molecule has 0 amide bonds. The summed E-state index contributed by atoms with van der Waals surface area (Å²) in [6, 6.07) is 4.05. The van der Waals surface area contributed by atoms with Gasteiger partial charge in [0.2, 0.25) is 0 Å². The fraction of sp³-hybridized carbons (Fsp3) is 0.474. The van der Waals surface area contributed by atoms with Crippen molar-refractivity contribution in [1.82, 2.24) is 5.16 Å². The lowest BCUT2D eigenvalue weighted by molar-refractivity contribution is 0.0698. The topological polar surface area (TPSA) is 84.6 Å². The Kier molecular flexibility index (Phi) is 5.15. The molecule has 0 saturated heterocycles. The lowest BCUT2D eigenvalue weighted by atomic mass is 9.76. The number of carbonyl (C=O) groups is 1. The zero-order valence-electron chi connectivity index (χ0n) is 15.0. The van der Waals surface area contributed by atoms with E-state index in [0.717, 1.165) is 12.8 Å². The number of carboxylic acid groups (broad SMARTS) is 1. The number of methoxy groups -OCH3 is 1. The molecule has 0 spiro atoms. The molecular formula is C19H23FN2O4. The Morgan fingerprint density at radius 1 is 1.38 bits per heavy atom. The lowest BCUT2D eigenvalue weighted by Crippen LogP contribution is -2.29. The summed E-state index contributed by atoms with van der Waals surface area (Å²) in [5, 5.41) is 16.7. The van der Waals surface area contributed by atoms with Crippen molar-refractivity contribution in [3.05, 3.63) is 29.6 Å². The van der Waals surface area contributed by atoms with Gasteiger partial charge < -0.3 is 19.7 Å². The van der Waals surface area contributed by atoms with E-state index < -0.39 is 11.8 Å². The zero-order chi connectivity index (χ0) is 18.7. The smallest absolute Gasteiger partial charge is 0.343 e. The minimum atomic E-state index is -1.15. The second-order valence-electron chi connectivity index (χ2n) is 7.11. The first kappa shape index (κ1) is 18.2. The van der Waals surface area contributed by atoms with Gasteiger partial charge in [-0.15, -0.1) is 0 Å². The van der Waals surface area contributed by atoms with Crippen LogP contribution >= 0.6 is 0 Å². The molecule has 0 radical (unpaired) electrons. The van der Waals surface area contributed by atoms with Gasteiger partial charge >= 0.3 is 5.97 Å². The molecule has 0 aliphatic heterocycles. The number of aromatic carboxylic acids is 1. The first-order valence-corrected chi connectivity index (χ1v) is 8.74. The zero-order valence-corrected chi connectivity index (χ0v) is 15.0. The summed E-state index contributed by atoms with van der Waals surface area (Å²) in [5.41, 5.74) is 0.454. The van der Waals surface area contributed by atoms with Crippen LogP contribution in [0.25, 0.3) is 11.3 Å². The number of nitrogens with zero attached hydrogens (tertiary/aromatic N) is 1. The highest BCUT2D eigenvalue weighted by Crippen LogP contribution is 2.37. The summed E-state index contributed by atoms with van der Waals surface area (Å²) in [5.74, 6) is -1.40. The van der Waals surface area contributed by atoms with Crippen molar-refractivity contribution in [2.45, 2.75) is 39.0 Å². The van der Waals surface area contributed by atoms with Crippen LogP contribution in [-0.4, -0.2) is 29.9 Å². The number of hydrogen-bond donors (Lipinski definition) is 2. The molecule has 0 unspecified atom stereocenters. The second kappa shape index (κ2) is 7.35.